The summed E-state index contributed by atoms with van der Waals surface area (Å²) in [5.74, 6) is -0.155. The third kappa shape index (κ3) is 4.47. The Hall–Kier alpha value is -2.05. The fourth-order valence-corrected chi connectivity index (χ4v) is 1.84. The van der Waals surface area contributed by atoms with Gasteiger partial charge in [0, 0.05) is 11.8 Å². The van der Waals surface area contributed by atoms with E-state index in [1.165, 1.54) is 6.07 Å². The molecule has 0 spiro atoms. The Kier molecular flexibility index (Phi) is 4.82. The average molecular weight is 328 g/mol. The van der Waals surface area contributed by atoms with Crippen molar-refractivity contribution in [1.82, 2.24) is 5.16 Å². The normalized spacial score (nSPS) is 10.2. The fourth-order valence-electron chi connectivity index (χ4n) is 1.54. The van der Waals surface area contributed by atoms with Crippen molar-refractivity contribution in [2.75, 3.05) is 10.6 Å². The van der Waals surface area contributed by atoms with Crippen molar-refractivity contribution in [3.8, 4) is 0 Å². The number of hydrogen-bond donors (Lipinski definition) is 2. The Morgan fingerprint density at radius 3 is 2.48 bits per heavy atom. The number of carbonyl (C=O) groups is 2. The van der Waals surface area contributed by atoms with Crippen molar-refractivity contribution in [1.29, 1.82) is 0 Å². The van der Waals surface area contributed by atoms with Gasteiger partial charge in [-0.1, -0.05) is 28.4 Å². The molecule has 0 bridgehead atoms. The highest BCUT2D eigenvalue weighted by Crippen LogP contribution is 2.25. The maximum Gasteiger partial charge on any atom is 0.235 e. The van der Waals surface area contributed by atoms with Gasteiger partial charge >= 0.3 is 0 Å². The van der Waals surface area contributed by atoms with Crippen LogP contribution in [0.1, 0.15) is 12.2 Å². The molecule has 0 atom stereocenters. The van der Waals surface area contributed by atoms with Crippen molar-refractivity contribution in [2.24, 2.45) is 0 Å². The number of hydrogen-bond acceptors (Lipinski definition) is 4. The van der Waals surface area contributed by atoms with E-state index < -0.39 is 11.8 Å². The summed E-state index contributed by atoms with van der Waals surface area (Å²) in [7, 11) is 0. The van der Waals surface area contributed by atoms with Crippen LogP contribution in [-0.4, -0.2) is 17.0 Å². The van der Waals surface area contributed by atoms with E-state index in [1.54, 1.807) is 25.1 Å². The number of aryl methyl sites for hydroxylation is 1. The van der Waals surface area contributed by atoms with Gasteiger partial charge in [-0.05, 0) is 25.1 Å². The number of halogens is 2. The minimum Gasteiger partial charge on any atom is -0.360 e. The Morgan fingerprint density at radius 2 is 1.86 bits per heavy atom. The Labute approximate surface area is 130 Å². The number of anilines is 2. The van der Waals surface area contributed by atoms with Gasteiger partial charge in [0.1, 0.15) is 12.2 Å². The van der Waals surface area contributed by atoms with Gasteiger partial charge in [0.25, 0.3) is 0 Å². The van der Waals surface area contributed by atoms with Crippen LogP contribution in [0.3, 0.4) is 0 Å². The number of rotatable bonds is 4. The zero-order valence-corrected chi connectivity index (χ0v) is 12.5. The molecule has 110 valence electrons. The summed E-state index contributed by atoms with van der Waals surface area (Å²) >= 11 is 11.6. The molecule has 0 saturated heterocycles. The molecule has 1 heterocycles. The molecule has 0 aliphatic heterocycles. The van der Waals surface area contributed by atoms with E-state index in [0.29, 0.717) is 21.5 Å². The third-order valence-electron chi connectivity index (χ3n) is 2.42. The zero-order chi connectivity index (χ0) is 15.4. The number of nitrogens with one attached hydrogen (secondary N) is 2. The molecule has 0 unspecified atom stereocenters. The lowest BCUT2D eigenvalue weighted by Gasteiger charge is -2.06. The van der Waals surface area contributed by atoms with Gasteiger partial charge < -0.3 is 15.2 Å². The van der Waals surface area contributed by atoms with E-state index >= 15 is 0 Å². The molecule has 2 amide bonds. The summed E-state index contributed by atoms with van der Waals surface area (Å²) in [5, 5.41) is 9.29. The molecule has 0 radical (unpaired) electrons. The lowest BCUT2D eigenvalue weighted by atomic mass is 10.3. The van der Waals surface area contributed by atoms with Gasteiger partial charge in [0.15, 0.2) is 5.82 Å². The van der Waals surface area contributed by atoms with E-state index in [4.69, 9.17) is 27.7 Å². The van der Waals surface area contributed by atoms with Gasteiger partial charge in [-0.2, -0.15) is 0 Å². The molecule has 0 aliphatic rings. The number of carbonyl (C=O) groups excluding carboxylic acids is 2. The van der Waals surface area contributed by atoms with Crippen LogP contribution in [-0.2, 0) is 9.59 Å². The molecule has 21 heavy (non-hydrogen) atoms. The van der Waals surface area contributed by atoms with Crippen LogP contribution in [0.15, 0.2) is 28.8 Å². The first-order chi connectivity index (χ1) is 9.94. The van der Waals surface area contributed by atoms with E-state index in [0.717, 1.165) is 0 Å². The molecular formula is C13H11Cl2N3O3. The van der Waals surface area contributed by atoms with Gasteiger partial charge in [0.2, 0.25) is 11.8 Å². The van der Waals surface area contributed by atoms with Crippen LogP contribution >= 0.6 is 23.2 Å². The van der Waals surface area contributed by atoms with E-state index in [-0.39, 0.29) is 12.2 Å². The average Bonchev–Trinajstić information content (AvgIpc) is 2.79. The number of nitrogens with zero attached hydrogens (tertiary/aromatic N) is 1. The van der Waals surface area contributed by atoms with Gasteiger partial charge in [-0.15, -0.1) is 0 Å². The largest absolute Gasteiger partial charge is 0.360 e. The first-order valence-electron chi connectivity index (χ1n) is 5.92. The quantitative estimate of drug-likeness (QED) is 0.844. The minimum absolute atomic E-state index is 0.264. The second-order valence-corrected chi connectivity index (χ2v) is 5.04. The number of benzene rings is 1. The van der Waals surface area contributed by atoms with E-state index in [9.17, 15) is 9.59 Å². The van der Waals surface area contributed by atoms with Crippen molar-refractivity contribution < 1.29 is 14.1 Å². The highest BCUT2D eigenvalue weighted by molar-refractivity contribution is 6.42. The SMILES string of the molecule is Cc1cc(NC(=O)CC(=O)Nc2ccc(Cl)c(Cl)c2)no1. The molecule has 2 aromatic rings. The highest BCUT2D eigenvalue weighted by atomic mass is 35.5. The highest BCUT2D eigenvalue weighted by Gasteiger charge is 2.12. The summed E-state index contributed by atoms with van der Waals surface area (Å²) in [6.07, 6.45) is -0.355. The van der Waals surface area contributed by atoms with Crippen molar-refractivity contribution in [3.05, 3.63) is 40.1 Å². The number of amides is 2. The minimum atomic E-state index is -0.499. The second kappa shape index (κ2) is 6.60. The molecule has 0 fully saturated rings. The second-order valence-electron chi connectivity index (χ2n) is 4.22. The Balaban J connectivity index is 1.89. The molecule has 1 aromatic carbocycles. The molecule has 0 saturated carbocycles. The predicted octanol–water partition coefficient (Wildman–Crippen LogP) is 3.26. The summed E-state index contributed by atoms with van der Waals surface area (Å²) in [4.78, 5) is 23.4. The van der Waals surface area contributed by atoms with Crippen LogP contribution in [0.4, 0.5) is 11.5 Å². The van der Waals surface area contributed by atoms with Gasteiger partial charge in [0.05, 0.1) is 10.0 Å². The topological polar surface area (TPSA) is 84.2 Å². The van der Waals surface area contributed by atoms with Crippen molar-refractivity contribution in [3.63, 3.8) is 0 Å². The summed E-state index contributed by atoms with van der Waals surface area (Å²) < 4.78 is 4.80. The molecule has 2 rings (SSSR count). The van der Waals surface area contributed by atoms with Crippen LogP contribution in [0, 0.1) is 6.92 Å². The zero-order valence-electron chi connectivity index (χ0n) is 10.9. The fraction of sp³-hybridized carbons (Fsp3) is 0.154. The van der Waals surface area contributed by atoms with Gasteiger partial charge in [-0.3, -0.25) is 9.59 Å². The van der Waals surface area contributed by atoms with Crippen LogP contribution < -0.4 is 10.6 Å². The summed E-state index contributed by atoms with van der Waals surface area (Å²) in [6, 6.07) is 6.19. The summed E-state index contributed by atoms with van der Waals surface area (Å²) in [5.41, 5.74) is 0.458. The molecule has 6 nitrogen and oxygen atoms in total. The first-order valence-corrected chi connectivity index (χ1v) is 6.67. The maximum atomic E-state index is 11.7. The maximum absolute atomic E-state index is 11.7. The van der Waals surface area contributed by atoms with Gasteiger partial charge in [-0.25, -0.2) is 0 Å². The number of aromatic nitrogens is 1. The molecule has 0 aliphatic carbocycles. The van der Waals surface area contributed by atoms with Crippen LogP contribution in [0.25, 0.3) is 0 Å². The third-order valence-corrected chi connectivity index (χ3v) is 3.16. The van der Waals surface area contributed by atoms with Crippen LogP contribution in [0.2, 0.25) is 10.0 Å². The standard InChI is InChI=1S/C13H11Cl2N3O3/c1-7-4-11(18-21-7)17-13(20)6-12(19)16-8-2-3-9(14)10(15)5-8/h2-5H,6H2,1H3,(H,16,19)(H,17,18,20). The Morgan fingerprint density at radius 1 is 1.14 bits per heavy atom. The smallest absolute Gasteiger partial charge is 0.235 e. The first kappa shape index (κ1) is 15.3. The van der Waals surface area contributed by atoms with Crippen molar-refractivity contribution >= 4 is 46.5 Å². The predicted molar refractivity (Wildman–Crippen MR) is 79.6 cm³/mol. The molecule has 2 N–H and O–H groups in total. The monoisotopic (exact) mass is 327 g/mol. The Bertz CT molecular complexity index is 685. The molecular weight excluding hydrogens is 317 g/mol. The van der Waals surface area contributed by atoms with Crippen molar-refractivity contribution in [2.45, 2.75) is 13.3 Å². The van der Waals surface area contributed by atoms with E-state index in [1.807, 2.05) is 0 Å². The lowest BCUT2D eigenvalue weighted by molar-refractivity contribution is -0.123. The lowest BCUT2D eigenvalue weighted by Crippen LogP contribution is -2.21. The summed E-state index contributed by atoms with van der Waals surface area (Å²) in [6.45, 7) is 1.69. The van der Waals surface area contributed by atoms with Crippen LogP contribution in [0.5, 0.6) is 0 Å². The molecule has 8 heteroatoms. The van der Waals surface area contributed by atoms with E-state index in [2.05, 4.69) is 15.8 Å². The molecule has 1 aromatic heterocycles.